The first kappa shape index (κ1) is 12.1. The van der Waals surface area contributed by atoms with Crippen LogP contribution in [0.2, 0.25) is 0 Å². The molecule has 3 heteroatoms. The maximum atomic E-state index is 10.9. The van der Waals surface area contributed by atoms with Crippen LogP contribution in [0.3, 0.4) is 0 Å². The first-order valence-corrected chi connectivity index (χ1v) is 5.89. The molecule has 0 aromatic heterocycles. The van der Waals surface area contributed by atoms with Gasteiger partial charge in [-0.2, -0.15) is 0 Å². The van der Waals surface area contributed by atoms with E-state index in [4.69, 9.17) is 5.11 Å². The van der Waals surface area contributed by atoms with Crippen molar-refractivity contribution in [3.05, 3.63) is 29.3 Å². The van der Waals surface area contributed by atoms with Gasteiger partial charge in [0, 0.05) is 4.90 Å². The number of hydrogen-bond donors (Lipinski definition) is 1. The zero-order valence-electron chi connectivity index (χ0n) is 9.28. The fraction of sp³-hybridized carbons (Fsp3) is 0.417. The van der Waals surface area contributed by atoms with Gasteiger partial charge < -0.3 is 5.11 Å². The molecule has 0 saturated heterocycles. The summed E-state index contributed by atoms with van der Waals surface area (Å²) in [6.07, 6.45) is 0.646. The molecule has 0 spiro atoms. The summed E-state index contributed by atoms with van der Waals surface area (Å²) in [7, 11) is 0. The van der Waals surface area contributed by atoms with E-state index in [0.29, 0.717) is 6.42 Å². The largest absolute Gasteiger partial charge is 0.480 e. The molecule has 1 rings (SSSR count). The van der Waals surface area contributed by atoms with Crippen LogP contribution in [0.5, 0.6) is 0 Å². The van der Waals surface area contributed by atoms with E-state index in [9.17, 15) is 4.79 Å². The van der Waals surface area contributed by atoms with E-state index >= 15 is 0 Å². The molecule has 1 N–H and O–H groups in total. The van der Waals surface area contributed by atoms with E-state index in [0.717, 1.165) is 10.5 Å². The Labute approximate surface area is 94.7 Å². The quantitative estimate of drug-likeness (QED) is 0.798. The Morgan fingerprint density at radius 2 is 2.13 bits per heavy atom. The molecule has 0 bridgehead atoms. The van der Waals surface area contributed by atoms with Crippen molar-refractivity contribution in [3.8, 4) is 0 Å². The minimum Gasteiger partial charge on any atom is -0.480 e. The molecule has 0 aliphatic carbocycles. The smallest absolute Gasteiger partial charge is 0.316 e. The average Bonchev–Trinajstić information content (AvgIpc) is 2.18. The first-order valence-electron chi connectivity index (χ1n) is 5.01. The summed E-state index contributed by atoms with van der Waals surface area (Å²) in [6.45, 7) is 5.93. The van der Waals surface area contributed by atoms with Crippen LogP contribution < -0.4 is 0 Å². The molecule has 1 aromatic rings. The average molecular weight is 224 g/mol. The summed E-state index contributed by atoms with van der Waals surface area (Å²) in [4.78, 5) is 12.0. The van der Waals surface area contributed by atoms with Gasteiger partial charge in [-0.3, -0.25) is 4.79 Å². The molecule has 1 unspecified atom stereocenters. The predicted molar refractivity (Wildman–Crippen MR) is 63.5 cm³/mol. The van der Waals surface area contributed by atoms with Crippen molar-refractivity contribution in [2.24, 2.45) is 0 Å². The van der Waals surface area contributed by atoms with Crippen LogP contribution in [-0.2, 0) is 4.79 Å². The Hall–Kier alpha value is -0.960. The molecule has 0 heterocycles. The van der Waals surface area contributed by atoms with Crippen molar-refractivity contribution in [1.82, 2.24) is 0 Å². The highest BCUT2D eigenvalue weighted by atomic mass is 32.2. The third-order valence-electron chi connectivity index (χ3n) is 2.26. The Morgan fingerprint density at radius 3 is 2.67 bits per heavy atom. The number of carbonyl (C=O) groups is 1. The number of carboxylic acid groups (broad SMARTS) is 1. The summed E-state index contributed by atoms with van der Waals surface area (Å²) in [5.74, 6) is -0.733. The molecule has 1 atom stereocenters. The van der Waals surface area contributed by atoms with Gasteiger partial charge in [0.1, 0.15) is 5.25 Å². The van der Waals surface area contributed by atoms with Gasteiger partial charge >= 0.3 is 5.97 Å². The third-order valence-corrected chi connectivity index (χ3v) is 3.77. The van der Waals surface area contributed by atoms with Crippen molar-refractivity contribution >= 4 is 17.7 Å². The van der Waals surface area contributed by atoms with Gasteiger partial charge in [0.25, 0.3) is 0 Å². The van der Waals surface area contributed by atoms with Crippen LogP contribution in [0.25, 0.3) is 0 Å². The Bertz CT molecular complexity index is 361. The number of hydrogen-bond acceptors (Lipinski definition) is 2. The van der Waals surface area contributed by atoms with Gasteiger partial charge in [-0.1, -0.05) is 24.6 Å². The Kier molecular flexibility index (Phi) is 4.21. The minimum absolute atomic E-state index is 0.342. The van der Waals surface area contributed by atoms with Crippen LogP contribution in [0.15, 0.2) is 23.1 Å². The van der Waals surface area contributed by atoms with E-state index in [1.54, 1.807) is 0 Å². The van der Waals surface area contributed by atoms with Crippen molar-refractivity contribution < 1.29 is 9.90 Å². The van der Waals surface area contributed by atoms with E-state index in [-0.39, 0.29) is 5.25 Å². The monoisotopic (exact) mass is 224 g/mol. The van der Waals surface area contributed by atoms with Crippen molar-refractivity contribution in [2.75, 3.05) is 0 Å². The molecule has 0 aliphatic rings. The lowest BCUT2D eigenvalue weighted by Crippen LogP contribution is -2.14. The van der Waals surface area contributed by atoms with Gasteiger partial charge in [0.15, 0.2) is 0 Å². The highest BCUT2D eigenvalue weighted by Crippen LogP contribution is 2.29. The van der Waals surface area contributed by atoms with Crippen LogP contribution in [-0.4, -0.2) is 16.3 Å². The van der Waals surface area contributed by atoms with Gasteiger partial charge in [-0.25, -0.2) is 0 Å². The van der Waals surface area contributed by atoms with Crippen LogP contribution in [0.4, 0.5) is 0 Å². The van der Waals surface area contributed by atoms with Crippen LogP contribution in [0.1, 0.15) is 24.5 Å². The van der Waals surface area contributed by atoms with Gasteiger partial charge in [0.2, 0.25) is 0 Å². The fourth-order valence-corrected chi connectivity index (χ4v) is 2.38. The zero-order valence-corrected chi connectivity index (χ0v) is 10.1. The van der Waals surface area contributed by atoms with E-state index in [1.807, 2.05) is 39.0 Å². The number of aliphatic carboxylic acids is 1. The third kappa shape index (κ3) is 3.27. The standard InChI is InChI=1S/C12H16O2S/c1-4-10(12(13)14)15-11-7-8(2)5-6-9(11)3/h5-7,10H,4H2,1-3H3,(H,13,14). The Morgan fingerprint density at radius 1 is 1.47 bits per heavy atom. The second kappa shape index (κ2) is 5.21. The lowest BCUT2D eigenvalue weighted by atomic mass is 10.2. The van der Waals surface area contributed by atoms with Gasteiger partial charge in [-0.05, 0) is 31.9 Å². The lowest BCUT2D eigenvalue weighted by molar-refractivity contribution is -0.136. The van der Waals surface area contributed by atoms with Crippen LogP contribution >= 0.6 is 11.8 Å². The Balaban J connectivity index is 2.87. The molecule has 0 aliphatic heterocycles. The highest BCUT2D eigenvalue weighted by Gasteiger charge is 2.17. The maximum Gasteiger partial charge on any atom is 0.316 e. The number of rotatable bonds is 4. The first-order chi connectivity index (χ1) is 7.04. The molecule has 15 heavy (non-hydrogen) atoms. The summed E-state index contributed by atoms with van der Waals surface area (Å²) in [5, 5.41) is 8.63. The molecule has 1 aromatic carbocycles. The van der Waals surface area contributed by atoms with E-state index in [2.05, 4.69) is 0 Å². The van der Waals surface area contributed by atoms with Crippen molar-refractivity contribution in [1.29, 1.82) is 0 Å². The molecule has 0 fully saturated rings. The summed E-state index contributed by atoms with van der Waals surface area (Å²) >= 11 is 1.44. The zero-order chi connectivity index (χ0) is 11.4. The molecule has 0 radical (unpaired) electrons. The number of benzene rings is 1. The number of carboxylic acids is 1. The molecule has 82 valence electrons. The van der Waals surface area contributed by atoms with Gasteiger partial charge in [0.05, 0.1) is 0 Å². The minimum atomic E-state index is -0.733. The van der Waals surface area contributed by atoms with Gasteiger partial charge in [-0.15, -0.1) is 11.8 Å². The highest BCUT2D eigenvalue weighted by molar-refractivity contribution is 8.00. The number of thioether (sulfide) groups is 1. The van der Waals surface area contributed by atoms with Crippen molar-refractivity contribution in [3.63, 3.8) is 0 Å². The second-order valence-electron chi connectivity index (χ2n) is 3.62. The van der Waals surface area contributed by atoms with E-state index in [1.165, 1.54) is 17.3 Å². The molecule has 0 saturated carbocycles. The summed E-state index contributed by atoms with van der Waals surface area (Å²) in [5.41, 5.74) is 2.31. The van der Waals surface area contributed by atoms with Crippen molar-refractivity contribution in [2.45, 2.75) is 37.3 Å². The van der Waals surface area contributed by atoms with Crippen LogP contribution in [0, 0.1) is 13.8 Å². The molecular weight excluding hydrogens is 208 g/mol. The SMILES string of the molecule is CCC(Sc1cc(C)ccc1C)C(=O)O. The lowest BCUT2D eigenvalue weighted by Gasteiger charge is -2.12. The molecule has 2 nitrogen and oxygen atoms in total. The number of aryl methyl sites for hydroxylation is 2. The normalized spacial score (nSPS) is 12.5. The van der Waals surface area contributed by atoms with E-state index < -0.39 is 5.97 Å². The second-order valence-corrected chi connectivity index (χ2v) is 4.87. The fourth-order valence-electron chi connectivity index (χ4n) is 1.30. The summed E-state index contributed by atoms with van der Waals surface area (Å²) < 4.78 is 0. The molecular formula is C12H16O2S. The molecule has 0 amide bonds. The topological polar surface area (TPSA) is 37.3 Å². The maximum absolute atomic E-state index is 10.9. The summed E-state index contributed by atoms with van der Waals surface area (Å²) in [6, 6.07) is 6.12. The predicted octanol–water partition coefficient (Wildman–Crippen LogP) is 3.26.